The largest absolute Gasteiger partial charge is 0.483 e. The summed E-state index contributed by atoms with van der Waals surface area (Å²) in [5.74, 6) is -17.1. The molecule has 41 heavy (non-hydrogen) atoms. The van der Waals surface area contributed by atoms with E-state index < -0.39 is 82.6 Å². The van der Waals surface area contributed by atoms with Gasteiger partial charge in [-0.25, -0.2) is 13.9 Å². The maximum atomic E-state index is 13.9. The van der Waals surface area contributed by atoms with Crippen LogP contribution in [-0.2, 0) is 23.8 Å². The first-order valence-corrected chi connectivity index (χ1v) is 11.3. The minimum atomic E-state index is -8.00. The van der Waals surface area contributed by atoms with Gasteiger partial charge in [0.05, 0.1) is 6.61 Å². The average molecular weight is 662 g/mol. The lowest BCUT2D eigenvalue weighted by Gasteiger charge is -2.36. The molecule has 0 spiro atoms. The predicted molar refractivity (Wildman–Crippen MR) is 98.3 cm³/mol. The molecule has 0 N–H and O–H groups in total. The summed E-state index contributed by atoms with van der Waals surface area (Å²) >= 11 is 0. The highest BCUT2D eigenvalue weighted by atomic mass is 32.2. The molecule has 1 atom stereocenters. The number of hydrogen-bond donors (Lipinski definition) is 0. The Labute approximate surface area is 218 Å². The van der Waals surface area contributed by atoms with E-state index in [-0.39, 0.29) is 5.56 Å². The van der Waals surface area contributed by atoms with Gasteiger partial charge in [0.25, 0.3) is 0 Å². The van der Waals surface area contributed by atoms with Crippen LogP contribution in [0.15, 0.2) is 23.1 Å². The van der Waals surface area contributed by atoms with Crippen molar-refractivity contribution >= 4 is 10.1 Å². The SMILES string of the molecule is Cc1ccc(S(=O)(=O)OCC(C)F)c(OCC(F)(F)OC(F)(F)C(F)(F)OC(F)(F)C(F)(F)C(F)(F)C(F)(F)F)c1. The topological polar surface area (TPSA) is 71.1 Å². The third-order valence-corrected chi connectivity index (χ3v) is 5.53. The van der Waals surface area contributed by atoms with Gasteiger partial charge in [0.1, 0.15) is 16.8 Å². The van der Waals surface area contributed by atoms with E-state index in [4.69, 9.17) is 0 Å². The summed E-state index contributed by atoms with van der Waals surface area (Å²) in [5.41, 5.74) is 0.00567. The van der Waals surface area contributed by atoms with Gasteiger partial charge in [0.15, 0.2) is 6.61 Å². The summed E-state index contributed by atoms with van der Waals surface area (Å²) in [7, 11) is -5.02. The van der Waals surface area contributed by atoms with Gasteiger partial charge < -0.3 is 4.74 Å². The van der Waals surface area contributed by atoms with Crippen LogP contribution in [-0.4, -0.2) is 70.3 Å². The second-order valence-electron chi connectivity index (χ2n) is 7.80. The molecule has 0 bridgehead atoms. The molecular formula is C18H14F16O6S. The van der Waals surface area contributed by atoms with Crippen molar-refractivity contribution in [2.75, 3.05) is 13.2 Å². The first-order chi connectivity index (χ1) is 17.9. The van der Waals surface area contributed by atoms with Crippen molar-refractivity contribution in [3.8, 4) is 5.75 Å². The van der Waals surface area contributed by atoms with Gasteiger partial charge in [-0.05, 0) is 31.5 Å². The number of hydrogen-bond acceptors (Lipinski definition) is 6. The molecule has 1 aromatic rings. The van der Waals surface area contributed by atoms with Crippen LogP contribution in [0.2, 0.25) is 0 Å². The van der Waals surface area contributed by atoms with Gasteiger partial charge in [-0.2, -0.15) is 74.3 Å². The summed E-state index contributed by atoms with van der Waals surface area (Å²) in [6, 6.07) is 2.21. The molecule has 1 aromatic carbocycles. The molecule has 6 nitrogen and oxygen atoms in total. The maximum absolute atomic E-state index is 13.9. The van der Waals surface area contributed by atoms with E-state index in [1.807, 2.05) is 0 Å². The van der Waals surface area contributed by atoms with Gasteiger partial charge >= 0.3 is 52.6 Å². The van der Waals surface area contributed by atoms with Crippen LogP contribution in [0.4, 0.5) is 70.2 Å². The third kappa shape index (κ3) is 8.18. The van der Waals surface area contributed by atoms with Crippen LogP contribution in [0, 0.1) is 6.92 Å². The molecule has 23 heteroatoms. The zero-order chi connectivity index (χ0) is 32.7. The van der Waals surface area contributed by atoms with Gasteiger partial charge in [-0.3, -0.25) is 4.18 Å². The summed E-state index contributed by atoms with van der Waals surface area (Å²) < 4.78 is 246. The number of aryl methyl sites for hydroxylation is 1. The Hall–Kier alpha value is -2.27. The monoisotopic (exact) mass is 662 g/mol. The average Bonchev–Trinajstić information content (AvgIpc) is 2.73. The van der Waals surface area contributed by atoms with E-state index in [9.17, 15) is 78.7 Å². The third-order valence-electron chi connectivity index (χ3n) is 4.21. The van der Waals surface area contributed by atoms with E-state index in [0.717, 1.165) is 13.0 Å². The normalized spacial score (nSPS) is 15.7. The lowest BCUT2D eigenvalue weighted by Crippen LogP contribution is -2.64. The van der Waals surface area contributed by atoms with Crippen molar-refractivity contribution in [2.45, 2.75) is 67.4 Å². The van der Waals surface area contributed by atoms with Crippen LogP contribution in [0.3, 0.4) is 0 Å². The molecule has 0 aliphatic heterocycles. The summed E-state index contributed by atoms with van der Waals surface area (Å²) in [6.07, 6.45) is -37.7. The quantitative estimate of drug-likeness (QED) is 0.164. The number of benzene rings is 1. The number of halogens is 16. The van der Waals surface area contributed by atoms with Crippen molar-refractivity contribution in [3.63, 3.8) is 0 Å². The molecule has 240 valence electrons. The van der Waals surface area contributed by atoms with Crippen LogP contribution < -0.4 is 4.74 Å². The fourth-order valence-electron chi connectivity index (χ4n) is 2.26. The highest BCUT2D eigenvalue weighted by Gasteiger charge is 2.85. The minimum absolute atomic E-state index is 0.00567. The second-order valence-corrected chi connectivity index (χ2v) is 9.38. The van der Waals surface area contributed by atoms with Crippen LogP contribution in [0.25, 0.3) is 0 Å². The Morgan fingerprint density at radius 1 is 0.756 bits per heavy atom. The molecule has 0 heterocycles. The van der Waals surface area contributed by atoms with Crippen molar-refractivity contribution < 1.29 is 97.1 Å². The fraction of sp³-hybridized carbons (Fsp3) is 0.667. The molecule has 0 saturated carbocycles. The smallest absolute Gasteiger partial charge is 0.460 e. The first-order valence-electron chi connectivity index (χ1n) is 9.93. The minimum Gasteiger partial charge on any atom is -0.483 e. The molecule has 0 aliphatic carbocycles. The Morgan fingerprint density at radius 3 is 1.71 bits per heavy atom. The Kier molecular flexibility index (Phi) is 10.2. The van der Waals surface area contributed by atoms with Gasteiger partial charge in [0, 0.05) is 0 Å². The van der Waals surface area contributed by atoms with Crippen molar-refractivity contribution in [1.82, 2.24) is 0 Å². The molecule has 1 unspecified atom stereocenters. The van der Waals surface area contributed by atoms with E-state index in [1.165, 1.54) is 11.7 Å². The van der Waals surface area contributed by atoms with Crippen LogP contribution in [0.5, 0.6) is 5.75 Å². The maximum Gasteiger partial charge on any atom is 0.460 e. The number of rotatable bonds is 14. The molecule has 0 saturated heterocycles. The highest BCUT2D eigenvalue weighted by Crippen LogP contribution is 2.56. The Balaban J connectivity index is 3.22. The van der Waals surface area contributed by atoms with Crippen molar-refractivity contribution in [2.24, 2.45) is 0 Å². The Morgan fingerprint density at radius 2 is 1.24 bits per heavy atom. The first kappa shape index (κ1) is 36.8. The summed E-state index contributed by atoms with van der Waals surface area (Å²) in [5, 5.41) is 0. The molecule has 0 radical (unpaired) electrons. The lowest BCUT2D eigenvalue weighted by molar-refractivity contribution is -0.542. The molecule has 0 aliphatic rings. The van der Waals surface area contributed by atoms with Crippen molar-refractivity contribution in [1.29, 1.82) is 0 Å². The van der Waals surface area contributed by atoms with Crippen molar-refractivity contribution in [3.05, 3.63) is 23.8 Å². The van der Waals surface area contributed by atoms with Gasteiger partial charge in [-0.1, -0.05) is 6.07 Å². The zero-order valence-electron chi connectivity index (χ0n) is 19.6. The molecular weight excluding hydrogens is 648 g/mol. The lowest BCUT2D eigenvalue weighted by atomic mass is 10.1. The predicted octanol–water partition coefficient (Wildman–Crippen LogP) is 6.67. The van der Waals surface area contributed by atoms with E-state index >= 15 is 0 Å². The van der Waals surface area contributed by atoms with Crippen LogP contribution >= 0.6 is 0 Å². The summed E-state index contributed by atoms with van der Waals surface area (Å²) in [6.45, 7) is -1.80. The zero-order valence-corrected chi connectivity index (χ0v) is 20.4. The molecule has 1 rings (SSSR count). The number of ether oxygens (including phenoxy) is 3. The standard InChI is InChI=1S/C18H14F16O6S/c1-8-3-4-11(41(35,36)38-6-9(2)19)10(5-8)37-7-12(20,21)39-17(31,32)18(33,34)40-16(29,30)14(24,25)13(22,23)15(26,27)28/h3-5,9H,6-7H2,1-2H3. The molecule has 0 fully saturated rings. The van der Waals surface area contributed by atoms with E-state index in [2.05, 4.69) is 13.7 Å². The van der Waals surface area contributed by atoms with Gasteiger partial charge in [-0.15, -0.1) is 0 Å². The summed E-state index contributed by atoms with van der Waals surface area (Å²) in [4.78, 5) is -1.16. The van der Waals surface area contributed by atoms with Gasteiger partial charge in [0.2, 0.25) is 0 Å². The second kappa shape index (κ2) is 11.4. The highest BCUT2D eigenvalue weighted by molar-refractivity contribution is 7.86. The van der Waals surface area contributed by atoms with E-state index in [1.54, 1.807) is 0 Å². The Bertz CT molecular complexity index is 1170. The fourth-order valence-corrected chi connectivity index (χ4v) is 3.36. The van der Waals surface area contributed by atoms with Crippen LogP contribution in [0.1, 0.15) is 12.5 Å². The molecule has 0 aromatic heterocycles. The van der Waals surface area contributed by atoms with E-state index in [0.29, 0.717) is 12.1 Å². The molecule has 0 amide bonds. The number of alkyl halides is 16.